The predicted molar refractivity (Wildman–Crippen MR) is 70.6 cm³/mol. The summed E-state index contributed by atoms with van der Waals surface area (Å²) in [5, 5.41) is 13.9. The second-order valence-corrected chi connectivity index (χ2v) is 4.46. The Balaban J connectivity index is 2.00. The summed E-state index contributed by atoms with van der Waals surface area (Å²) in [7, 11) is 2.04. The highest BCUT2D eigenvalue weighted by atomic mass is 16.6. The minimum atomic E-state index is -0.553. The van der Waals surface area contributed by atoms with E-state index in [1.165, 1.54) is 19.2 Å². The molecule has 0 aliphatic heterocycles. The summed E-state index contributed by atoms with van der Waals surface area (Å²) in [6.45, 7) is 1.38. The molecule has 0 saturated heterocycles. The highest BCUT2D eigenvalue weighted by Crippen LogP contribution is 2.28. The molecule has 9 heteroatoms. The highest BCUT2D eigenvalue weighted by molar-refractivity contribution is 5.68. The molecule has 0 spiro atoms. The van der Waals surface area contributed by atoms with Gasteiger partial charge in [0.1, 0.15) is 6.33 Å². The number of anilines is 2. The van der Waals surface area contributed by atoms with Gasteiger partial charge in [-0.25, -0.2) is 15.8 Å². The van der Waals surface area contributed by atoms with Crippen LogP contribution in [0.2, 0.25) is 0 Å². The summed E-state index contributed by atoms with van der Waals surface area (Å²) in [5.41, 5.74) is 1.96. The number of nitrogens with one attached hydrogen (secondary N) is 2. The quantitative estimate of drug-likeness (QED) is 0.363. The van der Waals surface area contributed by atoms with Crippen LogP contribution in [0.15, 0.2) is 6.33 Å². The number of likely N-dealkylation sites (N-methyl/N-ethyl adjacent to an activating group) is 1. The summed E-state index contributed by atoms with van der Waals surface area (Å²) < 4.78 is 0. The molecule has 1 aliphatic carbocycles. The normalized spacial score (nSPS) is 14.5. The number of nitrogen functional groups attached to an aromatic ring is 1. The van der Waals surface area contributed by atoms with Gasteiger partial charge in [0, 0.05) is 19.1 Å². The lowest BCUT2D eigenvalue weighted by Gasteiger charge is -2.16. The van der Waals surface area contributed by atoms with Crippen molar-refractivity contribution in [3.05, 3.63) is 16.4 Å². The predicted octanol–water partition coefficient (Wildman–Crippen LogP) is 0.177. The average molecular weight is 267 g/mol. The van der Waals surface area contributed by atoms with Crippen LogP contribution in [-0.2, 0) is 0 Å². The lowest BCUT2D eigenvalue weighted by atomic mass is 10.4. The van der Waals surface area contributed by atoms with Crippen LogP contribution in [0.3, 0.4) is 0 Å². The first-order chi connectivity index (χ1) is 9.13. The van der Waals surface area contributed by atoms with E-state index in [1.807, 2.05) is 7.05 Å². The Morgan fingerprint density at radius 1 is 1.53 bits per heavy atom. The van der Waals surface area contributed by atoms with E-state index in [2.05, 4.69) is 25.6 Å². The molecular weight excluding hydrogens is 250 g/mol. The molecule has 0 amide bonds. The van der Waals surface area contributed by atoms with Gasteiger partial charge >= 0.3 is 5.69 Å². The van der Waals surface area contributed by atoms with E-state index >= 15 is 0 Å². The average Bonchev–Trinajstić information content (AvgIpc) is 3.22. The van der Waals surface area contributed by atoms with Crippen molar-refractivity contribution in [1.29, 1.82) is 0 Å². The van der Waals surface area contributed by atoms with Crippen molar-refractivity contribution < 1.29 is 4.92 Å². The SMILES string of the molecule is CN(CCNc1ncnc(NN)c1[N+](=O)[O-])C1CC1. The number of aromatic nitrogens is 2. The molecule has 19 heavy (non-hydrogen) atoms. The Labute approximate surface area is 110 Å². The summed E-state index contributed by atoms with van der Waals surface area (Å²) in [6.07, 6.45) is 3.69. The zero-order valence-corrected chi connectivity index (χ0v) is 10.7. The van der Waals surface area contributed by atoms with Gasteiger partial charge in [-0.15, -0.1) is 0 Å². The number of nitro groups is 1. The summed E-state index contributed by atoms with van der Waals surface area (Å²) in [6, 6.07) is 0.656. The second kappa shape index (κ2) is 5.76. The van der Waals surface area contributed by atoms with E-state index in [-0.39, 0.29) is 17.3 Å². The number of hydrogen-bond acceptors (Lipinski definition) is 8. The van der Waals surface area contributed by atoms with E-state index in [4.69, 9.17) is 5.84 Å². The van der Waals surface area contributed by atoms with E-state index < -0.39 is 4.92 Å². The maximum absolute atomic E-state index is 11.0. The smallest absolute Gasteiger partial charge is 0.354 e. The van der Waals surface area contributed by atoms with Crippen molar-refractivity contribution in [3.8, 4) is 0 Å². The molecule has 1 heterocycles. The largest absolute Gasteiger partial charge is 0.363 e. The summed E-state index contributed by atoms with van der Waals surface area (Å²) in [5.74, 6) is 5.38. The first kappa shape index (κ1) is 13.4. The Morgan fingerprint density at radius 2 is 2.21 bits per heavy atom. The van der Waals surface area contributed by atoms with Gasteiger partial charge in [-0.2, -0.15) is 0 Å². The van der Waals surface area contributed by atoms with Crippen molar-refractivity contribution >= 4 is 17.3 Å². The molecule has 1 aromatic heterocycles. The third kappa shape index (κ3) is 3.26. The minimum absolute atomic E-state index is 0.00181. The third-order valence-electron chi connectivity index (χ3n) is 3.07. The van der Waals surface area contributed by atoms with Crippen LogP contribution in [0, 0.1) is 10.1 Å². The van der Waals surface area contributed by atoms with Gasteiger partial charge in [0.05, 0.1) is 4.92 Å². The van der Waals surface area contributed by atoms with Gasteiger partial charge in [-0.1, -0.05) is 0 Å². The van der Waals surface area contributed by atoms with Crippen LogP contribution < -0.4 is 16.6 Å². The molecule has 0 unspecified atom stereocenters. The number of hydrazine groups is 1. The Kier molecular flexibility index (Phi) is 4.07. The van der Waals surface area contributed by atoms with Crippen LogP contribution in [0.25, 0.3) is 0 Å². The van der Waals surface area contributed by atoms with Gasteiger partial charge in [0.25, 0.3) is 0 Å². The van der Waals surface area contributed by atoms with Crippen molar-refractivity contribution in [2.45, 2.75) is 18.9 Å². The highest BCUT2D eigenvalue weighted by Gasteiger charge is 2.26. The van der Waals surface area contributed by atoms with Gasteiger partial charge in [0.15, 0.2) is 0 Å². The standard InChI is InChI=1S/C10H17N7O2/c1-16(7-2-3-7)5-4-12-9-8(17(18)19)10(15-11)14-6-13-9/h6-7H,2-5,11H2,1H3,(H2,12,13,14,15). The number of nitrogens with two attached hydrogens (primary N) is 1. The van der Waals surface area contributed by atoms with Crippen LogP contribution in [0.1, 0.15) is 12.8 Å². The molecule has 1 fully saturated rings. The molecule has 2 rings (SSSR count). The lowest BCUT2D eigenvalue weighted by molar-refractivity contribution is -0.383. The van der Waals surface area contributed by atoms with Gasteiger partial charge < -0.3 is 15.6 Å². The Bertz CT molecular complexity index is 463. The van der Waals surface area contributed by atoms with E-state index in [0.29, 0.717) is 12.6 Å². The van der Waals surface area contributed by atoms with Gasteiger partial charge in [-0.05, 0) is 19.9 Å². The van der Waals surface area contributed by atoms with Crippen molar-refractivity contribution in [1.82, 2.24) is 14.9 Å². The maximum Gasteiger partial charge on any atom is 0.354 e. The minimum Gasteiger partial charge on any atom is -0.363 e. The fraction of sp³-hybridized carbons (Fsp3) is 0.600. The molecule has 0 atom stereocenters. The van der Waals surface area contributed by atoms with E-state index in [1.54, 1.807) is 0 Å². The molecule has 9 nitrogen and oxygen atoms in total. The first-order valence-corrected chi connectivity index (χ1v) is 6.03. The van der Waals surface area contributed by atoms with Crippen molar-refractivity contribution in [2.24, 2.45) is 5.84 Å². The van der Waals surface area contributed by atoms with Crippen molar-refractivity contribution in [2.75, 3.05) is 30.9 Å². The first-order valence-electron chi connectivity index (χ1n) is 6.03. The fourth-order valence-electron chi connectivity index (χ4n) is 1.84. The number of hydrogen-bond donors (Lipinski definition) is 3. The molecule has 0 bridgehead atoms. The Morgan fingerprint density at radius 3 is 2.79 bits per heavy atom. The van der Waals surface area contributed by atoms with Crippen LogP contribution in [0.5, 0.6) is 0 Å². The molecule has 104 valence electrons. The van der Waals surface area contributed by atoms with Crippen LogP contribution in [-0.4, -0.2) is 46.0 Å². The molecule has 0 aromatic carbocycles. The molecule has 4 N–H and O–H groups in total. The van der Waals surface area contributed by atoms with E-state index in [9.17, 15) is 10.1 Å². The molecular formula is C10H17N7O2. The summed E-state index contributed by atoms with van der Waals surface area (Å²) in [4.78, 5) is 20.3. The zero-order valence-electron chi connectivity index (χ0n) is 10.7. The molecule has 1 aromatic rings. The van der Waals surface area contributed by atoms with Crippen LogP contribution >= 0.6 is 0 Å². The molecule has 1 aliphatic rings. The van der Waals surface area contributed by atoms with Crippen LogP contribution in [0.4, 0.5) is 17.3 Å². The number of rotatable bonds is 7. The Hall–Kier alpha value is -2.00. The third-order valence-corrected chi connectivity index (χ3v) is 3.07. The fourth-order valence-corrected chi connectivity index (χ4v) is 1.84. The van der Waals surface area contributed by atoms with Gasteiger partial charge in [0.2, 0.25) is 11.6 Å². The number of nitrogens with zero attached hydrogens (tertiary/aromatic N) is 4. The topological polar surface area (TPSA) is 122 Å². The monoisotopic (exact) mass is 267 g/mol. The lowest BCUT2D eigenvalue weighted by Crippen LogP contribution is -2.27. The molecule has 1 saturated carbocycles. The van der Waals surface area contributed by atoms with Crippen molar-refractivity contribution in [3.63, 3.8) is 0 Å². The van der Waals surface area contributed by atoms with Gasteiger partial charge in [-0.3, -0.25) is 10.1 Å². The summed E-state index contributed by atoms with van der Waals surface area (Å²) >= 11 is 0. The zero-order chi connectivity index (χ0) is 13.8. The maximum atomic E-state index is 11.0. The van der Waals surface area contributed by atoms with E-state index in [0.717, 1.165) is 6.54 Å². The molecule has 0 radical (unpaired) electrons. The second-order valence-electron chi connectivity index (χ2n) is 4.46.